The second-order valence-electron chi connectivity index (χ2n) is 5.70. The molecule has 3 aromatic rings. The average molecular weight is 363 g/mol. The number of nitrogens with zero attached hydrogens (tertiary/aromatic N) is 1. The van der Waals surface area contributed by atoms with Gasteiger partial charge in [0.25, 0.3) is 5.91 Å². The molecule has 1 atom stereocenters. The van der Waals surface area contributed by atoms with Gasteiger partial charge in [0.2, 0.25) is 0 Å². The van der Waals surface area contributed by atoms with Crippen molar-refractivity contribution >= 4 is 17.5 Å². The Morgan fingerprint density at radius 3 is 2.68 bits per heavy atom. The molecule has 1 N–H and O–H groups in total. The fourth-order valence-electron chi connectivity index (χ4n) is 2.56. The predicted molar refractivity (Wildman–Crippen MR) is 91.0 cm³/mol. The summed E-state index contributed by atoms with van der Waals surface area (Å²) >= 11 is 6.09. The maximum absolute atomic E-state index is 14.2. The number of rotatable bonds is 4. The number of halogens is 2. The molecule has 0 aliphatic heterocycles. The molecule has 0 aliphatic rings. The number of furan rings is 1. The first-order chi connectivity index (χ1) is 11.9. The first-order valence-corrected chi connectivity index (χ1v) is 8.04. The lowest BCUT2D eigenvalue weighted by molar-refractivity contribution is 0.0934. The van der Waals surface area contributed by atoms with Gasteiger partial charge in [-0.05, 0) is 45.0 Å². The third kappa shape index (κ3) is 3.30. The summed E-state index contributed by atoms with van der Waals surface area (Å²) < 4.78 is 24.8. The van der Waals surface area contributed by atoms with Gasteiger partial charge in [0.15, 0.2) is 0 Å². The van der Waals surface area contributed by atoms with Crippen LogP contribution in [-0.2, 0) is 0 Å². The van der Waals surface area contributed by atoms with Gasteiger partial charge in [0, 0.05) is 0 Å². The number of aryl methyl sites for hydroxylation is 2. The molecule has 0 aliphatic carbocycles. The van der Waals surface area contributed by atoms with Gasteiger partial charge >= 0.3 is 0 Å². The Kier molecular flexibility index (Phi) is 4.63. The van der Waals surface area contributed by atoms with Crippen molar-refractivity contribution in [1.29, 1.82) is 0 Å². The summed E-state index contributed by atoms with van der Waals surface area (Å²) in [6, 6.07) is 7.48. The Balaban J connectivity index is 1.95. The lowest BCUT2D eigenvalue weighted by Gasteiger charge is -2.12. The van der Waals surface area contributed by atoms with E-state index in [2.05, 4.69) is 10.5 Å². The Bertz CT molecular complexity index is 912. The van der Waals surface area contributed by atoms with Crippen LogP contribution in [0.4, 0.5) is 4.39 Å². The third-order valence-corrected chi connectivity index (χ3v) is 4.14. The van der Waals surface area contributed by atoms with E-state index in [4.69, 9.17) is 20.5 Å². The molecule has 1 amide bonds. The van der Waals surface area contributed by atoms with Crippen LogP contribution in [0.25, 0.3) is 11.3 Å². The topological polar surface area (TPSA) is 68.3 Å². The maximum atomic E-state index is 14.2. The van der Waals surface area contributed by atoms with E-state index in [1.165, 1.54) is 18.2 Å². The predicted octanol–water partition coefficient (Wildman–Crippen LogP) is 4.83. The van der Waals surface area contributed by atoms with Crippen molar-refractivity contribution in [1.82, 2.24) is 10.5 Å². The van der Waals surface area contributed by atoms with Crippen molar-refractivity contribution in [3.63, 3.8) is 0 Å². The summed E-state index contributed by atoms with van der Waals surface area (Å²) in [6.07, 6.45) is 0. The summed E-state index contributed by atoms with van der Waals surface area (Å²) in [6.45, 7) is 5.19. The molecule has 0 saturated heterocycles. The molecule has 0 radical (unpaired) electrons. The molecule has 3 rings (SSSR count). The molecule has 7 heteroatoms. The fourth-order valence-corrected chi connectivity index (χ4v) is 2.81. The van der Waals surface area contributed by atoms with Crippen LogP contribution < -0.4 is 5.32 Å². The van der Waals surface area contributed by atoms with Gasteiger partial charge in [0.1, 0.15) is 34.4 Å². The number of hydrogen-bond acceptors (Lipinski definition) is 4. The molecule has 5 nitrogen and oxygen atoms in total. The van der Waals surface area contributed by atoms with E-state index >= 15 is 0 Å². The van der Waals surface area contributed by atoms with E-state index < -0.39 is 11.7 Å². The van der Waals surface area contributed by atoms with E-state index in [1.54, 1.807) is 19.9 Å². The quantitative estimate of drug-likeness (QED) is 0.721. The van der Waals surface area contributed by atoms with Gasteiger partial charge in [-0.25, -0.2) is 4.39 Å². The van der Waals surface area contributed by atoms with Crippen LogP contribution in [-0.4, -0.2) is 11.1 Å². The number of benzene rings is 1. The molecular weight excluding hydrogens is 347 g/mol. The highest BCUT2D eigenvalue weighted by atomic mass is 35.5. The van der Waals surface area contributed by atoms with Crippen molar-refractivity contribution in [2.75, 3.05) is 0 Å². The highest BCUT2D eigenvalue weighted by molar-refractivity contribution is 6.33. The van der Waals surface area contributed by atoms with E-state index in [9.17, 15) is 9.18 Å². The standard InChI is InChI=1S/C18H16ClFN2O3/c1-9-7-8-14(24-9)10(2)21-18(23)15-11(3)25-22-17(15)16-12(19)5-4-6-13(16)20/h4-8,10H,1-3H3,(H,21,23). The first kappa shape index (κ1) is 17.2. The smallest absolute Gasteiger partial charge is 0.257 e. The molecule has 2 aromatic heterocycles. The third-order valence-electron chi connectivity index (χ3n) is 3.82. The van der Waals surface area contributed by atoms with Gasteiger partial charge in [-0.15, -0.1) is 0 Å². The summed E-state index contributed by atoms with van der Waals surface area (Å²) in [5.74, 6) is 0.607. The number of carbonyl (C=O) groups is 1. The van der Waals surface area contributed by atoms with Crippen molar-refractivity contribution < 1.29 is 18.1 Å². The van der Waals surface area contributed by atoms with Gasteiger partial charge in [-0.3, -0.25) is 4.79 Å². The summed E-state index contributed by atoms with van der Waals surface area (Å²) in [4.78, 5) is 12.7. The lowest BCUT2D eigenvalue weighted by Crippen LogP contribution is -2.27. The Hall–Kier alpha value is -2.60. The van der Waals surface area contributed by atoms with Crippen molar-refractivity contribution in [3.8, 4) is 11.3 Å². The number of nitrogens with one attached hydrogen (secondary N) is 1. The number of amides is 1. The molecule has 0 spiro atoms. The minimum absolute atomic E-state index is 0.0349. The highest BCUT2D eigenvalue weighted by Crippen LogP contribution is 2.33. The van der Waals surface area contributed by atoms with E-state index in [1.807, 2.05) is 13.0 Å². The molecule has 0 fully saturated rings. The second-order valence-corrected chi connectivity index (χ2v) is 6.11. The first-order valence-electron chi connectivity index (χ1n) is 7.66. The zero-order valence-electron chi connectivity index (χ0n) is 13.9. The molecule has 130 valence electrons. The normalized spacial score (nSPS) is 12.2. The van der Waals surface area contributed by atoms with E-state index in [0.717, 1.165) is 5.76 Å². The highest BCUT2D eigenvalue weighted by Gasteiger charge is 2.26. The Morgan fingerprint density at radius 1 is 1.28 bits per heavy atom. The van der Waals surface area contributed by atoms with Crippen molar-refractivity contribution in [2.45, 2.75) is 26.8 Å². The zero-order chi connectivity index (χ0) is 18.1. The van der Waals surface area contributed by atoms with Crippen molar-refractivity contribution in [3.05, 3.63) is 64.0 Å². The van der Waals surface area contributed by atoms with Crippen LogP contribution >= 0.6 is 11.6 Å². The van der Waals surface area contributed by atoms with Crippen LogP contribution in [0.1, 0.15) is 40.6 Å². The summed E-state index contributed by atoms with van der Waals surface area (Å²) in [7, 11) is 0. The van der Waals surface area contributed by atoms with Crippen LogP contribution in [0, 0.1) is 19.7 Å². The SMILES string of the molecule is Cc1ccc(C(C)NC(=O)c2c(-c3c(F)cccc3Cl)noc2C)o1. The summed E-state index contributed by atoms with van der Waals surface area (Å²) in [5.41, 5.74) is 0.246. The Morgan fingerprint density at radius 2 is 2.04 bits per heavy atom. The van der Waals surface area contributed by atoms with Crippen LogP contribution in [0.5, 0.6) is 0 Å². The van der Waals surface area contributed by atoms with Gasteiger partial charge in [-0.2, -0.15) is 0 Å². The van der Waals surface area contributed by atoms with Gasteiger partial charge < -0.3 is 14.3 Å². The van der Waals surface area contributed by atoms with Crippen LogP contribution in [0.2, 0.25) is 5.02 Å². The van der Waals surface area contributed by atoms with Gasteiger partial charge in [-0.1, -0.05) is 22.8 Å². The molecule has 0 saturated carbocycles. The monoisotopic (exact) mass is 362 g/mol. The van der Waals surface area contributed by atoms with Gasteiger partial charge in [0.05, 0.1) is 16.6 Å². The van der Waals surface area contributed by atoms with Crippen LogP contribution in [0.15, 0.2) is 39.3 Å². The molecule has 1 aromatic carbocycles. The molecule has 1 unspecified atom stereocenters. The summed E-state index contributed by atoms with van der Waals surface area (Å²) in [5, 5.41) is 6.78. The second kappa shape index (κ2) is 6.72. The van der Waals surface area contributed by atoms with E-state index in [0.29, 0.717) is 5.76 Å². The number of carbonyl (C=O) groups excluding carboxylic acids is 1. The zero-order valence-corrected chi connectivity index (χ0v) is 14.6. The molecule has 25 heavy (non-hydrogen) atoms. The minimum Gasteiger partial charge on any atom is -0.464 e. The number of aromatic nitrogens is 1. The molecule has 2 heterocycles. The molecular formula is C18H16ClFN2O3. The average Bonchev–Trinajstić information content (AvgIpc) is 3.13. The largest absolute Gasteiger partial charge is 0.464 e. The Labute approximate surface area is 148 Å². The van der Waals surface area contributed by atoms with E-state index in [-0.39, 0.29) is 33.6 Å². The fraction of sp³-hybridized carbons (Fsp3) is 0.222. The maximum Gasteiger partial charge on any atom is 0.257 e. The minimum atomic E-state index is -0.579. The van der Waals surface area contributed by atoms with Crippen LogP contribution in [0.3, 0.4) is 0 Å². The molecule has 0 bridgehead atoms. The van der Waals surface area contributed by atoms with Crippen molar-refractivity contribution in [2.24, 2.45) is 0 Å². The lowest BCUT2D eigenvalue weighted by atomic mass is 10.0. The number of hydrogen-bond donors (Lipinski definition) is 1.